The first-order chi connectivity index (χ1) is 8.50. The van der Waals surface area contributed by atoms with Crippen LogP contribution in [0.2, 0.25) is 0 Å². The van der Waals surface area contributed by atoms with Gasteiger partial charge in [-0.15, -0.1) is 0 Å². The van der Waals surface area contributed by atoms with E-state index in [4.69, 9.17) is 0 Å². The van der Waals surface area contributed by atoms with Gasteiger partial charge in [-0.1, -0.05) is 22.0 Å². The first-order valence-electron chi connectivity index (χ1n) is 6.59. The zero-order valence-corrected chi connectivity index (χ0v) is 12.8. The fourth-order valence-electron chi connectivity index (χ4n) is 2.79. The minimum absolute atomic E-state index is 0.175. The summed E-state index contributed by atoms with van der Waals surface area (Å²) in [7, 11) is 0. The molecule has 0 bridgehead atoms. The monoisotopic (exact) mass is 309 g/mol. The van der Waals surface area contributed by atoms with Crippen molar-refractivity contribution >= 4 is 21.8 Å². The van der Waals surface area contributed by atoms with Gasteiger partial charge in [-0.25, -0.2) is 0 Å². The van der Waals surface area contributed by atoms with Gasteiger partial charge in [-0.05, 0) is 57.7 Å². The molecule has 0 N–H and O–H groups in total. The van der Waals surface area contributed by atoms with Gasteiger partial charge < -0.3 is 4.90 Å². The zero-order valence-electron chi connectivity index (χ0n) is 11.2. The molecule has 1 heterocycles. The van der Waals surface area contributed by atoms with Gasteiger partial charge in [0.05, 0.1) is 0 Å². The molecule has 0 spiro atoms. The third kappa shape index (κ3) is 2.61. The van der Waals surface area contributed by atoms with Crippen molar-refractivity contribution in [1.29, 1.82) is 0 Å². The lowest BCUT2D eigenvalue weighted by molar-refractivity contribution is 0.0510. The van der Waals surface area contributed by atoms with E-state index in [0.717, 1.165) is 28.4 Å². The lowest BCUT2D eigenvalue weighted by atomic mass is 9.95. The molecule has 98 valence electrons. The largest absolute Gasteiger partial charge is 0.333 e. The van der Waals surface area contributed by atoms with Crippen LogP contribution in [0.25, 0.3) is 0 Å². The molecule has 1 saturated heterocycles. The Morgan fingerprint density at radius 2 is 1.89 bits per heavy atom. The van der Waals surface area contributed by atoms with Gasteiger partial charge in [0.2, 0.25) is 0 Å². The van der Waals surface area contributed by atoms with Gasteiger partial charge >= 0.3 is 0 Å². The predicted octanol–water partition coefficient (Wildman–Crippen LogP) is 4.16. The van der Waals surface area contributed by atoms with Crippen LogP contribution in [0.5, 0.6) is 0 Å². The molecule has 0 radical (unpaired) electrons. The minimum atomic E-state index is 0.175. The fraction of sp³-hybridized carbons (Fsp3) is 0.533. The van der Waals surface area contributed by atoms with E-state index >= 15 is 0 Å². The Morgan fingerprint density at radius 1 is 1.28 bits per heavy atom. The van der Waals surface area contributed by atoms with Crippen molar-refractivity contribution in [2.24, 2.45) is 0 Å². The van der Waals surface area contributed by atoms with Gasteiger partial charge in [0.25, 0.3) is 5.91 Å². The molecule has 1 fully saturated rings. The summed E-state index contributed by atoms with van der Waals surface area (Å²) >= 11 is 3.45. The number of amides is 1. The number of hydrogen-bond donors (Lipinski definition) is 0. The van der Waals surface area contributed by atoms with Crippen molar-refractivity contribution in [3.63, 3.8) is 0 Å². The average molecular weight is 310 g/mol. The van der Waals surface area contributed by atoms with Crippen molar-refractivity contribution in [2.75, 3.05) is 0 Å². The molecule has 18 heavy (non-hydrogen) atoms. The molecule has 0 saturated carbocycles. The Morgan fingerprint density at radius 3 is 2.50 bits per heavy atom. The van der Waals surface area contributed by atoms with E-state index in [0.29, 0.717) is 12.1 Å². The van der Waals surface area contributed by atoms with Crippen molar-refractivity contribution in [3.05, 3.63) is 33.8 Å². The Balaban J connectivity index is 2.32. The van der Waals surface area contributed by atoms with Gasteiger partial charge in [-0.2, -0.15) is 0 Å². The molecule has 1 aromatic carbocycles. The molecule has 0 aliphatic carbocycles. The van der Waals surface area contributed by atoms with Crippen molar-refractivity contribution in [1.82, 2.24) is 4.90 Å². The van der Waals surface area contributed by atoms with Gasteiger partial charge in [0.1, 0.15) is 0 Å². The lowest BCUT2D eigenvalue weighted by Gasteiger charge is -2.39. The van der Waals surface area contributed by atoms with Crippen LogP contribution in [0.3, 0.4) is 0 Å². The SMILES string of the molecule is Cc1ccc(Br)cc1C(=O)N1[C@H](C)CCC[C@@H]1C. The van der Waals surface area contributed by atoms with E-state index in [2.05, 4.69) is 34.7 Å². The first-order valence-corrected chi connectivity index (χ1v) is 7.39. The van der Waals surface area contributed by atoms with Crippen LogP contribution < -0.4 is 0 Å². The van der Waals surface area contributed by atoms with Crippen molar-refractivity contribution < 1.29 is 4.79 Å². The second-order valence-corrected chi connectivity index (χ2v) is 6.22. The highest BCUT2D eigenvalue weighted by Gasteiger charge is 2.30. The van der Waals surface area contributed by atoms with Crippen LogP contribution in [-0.4, -0.2) is 22.9 Å². The Bertz CT molecular complexity index is 448. The molecule has 2 atom stereocenters. The third-order valence-electron chi connectivity index (χ3n) is 3.86. The Kier molecular flexibility index (Phi) is 4.10. The third-order valence-corrected chi connectivity index (χ3v) is 4.35. The molecule has 2 rings (SSSR count). The summed E-state index contributed by atoms with van der Waals surface area (Å²) in [5.74, 6) is 0.175. The summed E-state index contributed by atoms with van der Waals surface area (Å²) in [5.41, 5.74) is 1.87. The molecule has 1 aromatic rings. The standard InChI is InChI=1S/C15H20BrNO/c1-10-7-8-13(16)9-14(10)15(18)17-11(2)5-4-6-12(17)3/h7-9,11-12H,4-6H2,1-3H3/t11-,12+. The number of rotatable bonds is 1. The maximum Gasteiger partial charge on any atom is 0.254 e. The summed E-state index contributed by atoms with van der Waals surface area (Å²) in [6, 6.07) is 6.61. The summed E-state index contributed by atoms with van der Waals surface area (Å²) in [5, 5.41) is 0. The number of likely N-dealkylation sites (tertiary alicyclic amines) is 1. The van der Waals surface area contributed by atoms with Crippen LogP contribution >= 0.6 is 15.9 Å². The number of piperidine rings is 1. The van der Waals surface area contributed by atoms with E-state index in [1.807, 2.05) is 25.1 Å². The number of carbonyl (C=O) groups excluding carboxylic acids is 1. The van der Waals surface area contributed by atoms with Gasteiger partial charge in [-0.3, -0.25) is 4.79 Å². The number of hydrogen-bond acceptors (Lipinski definition) is 1. The summed E-state index contributed by atoms with van der Waals surface area (Å²) < 4.78 is 0.966. The number of halogens is 1. The normalized spacial score (nSPS) is 24.1. The van der Waals surface area contributed by atoms with E-state index in [1.54, 1.807) is 0 Å². The van der Waals surface area contributed by atoms with Crippen LogP contribution in [-0.2, 0) is 0 Å². The maximum absolute atomic E-state index is 12.7. The Hall–Kier alpha value is -0.830. The quantitative estimate of drug-likeness (QED) is 0.762. The lowest BCUT2D eigenvalue weighted by Crippen LogP contribution is -2.47. The molecule has 1 aliphatic rings. The second-order valence-electron chi connectivity index (χ2n) is 5.30. The molecule has 1 amide bonds. The number of benzene rings is 1. The highest BCUT2D eigenvalue weighted by Crippen LogP contribution is 2.26. The van der Waals surface area contributed by atoms with Crippen LogP contribution in [0.1, 0.15) is 49.0 Å². The van der Waals surface area contributed by atoms with Crippen molar-refractivity contribution in [3.8, 4) is 0 Å². The number of carbonyl (C=O) groups is 1. The average Bonchev–Trinajstić information content (AvgIpc) is 2.32. The molecular weight excluding hydrogens is 290 g/mol. The summed E-state index contributed by atoms with van der Waals surface area (Å²) in [4.78, 5) is 14.8. The molecule has 0 unspecified atom stereocenters. The molecular formula is C15H20BrNO. The highest BCUT2D eigenvalue weighted by atomic mass is 79.9. The van der Waals surface area contributed by atoms with Crippen LogP contribution in [0.15, 0.2) is 22.7 Å². The fourth-order valence-corrected chi connectivity index (χ4v) is 3.15. The molecule has 2 nitrogen and oxygen atoms in total. The van der Waals surface area contributed by atoms with Gasteiger partial charge in [0, 0.05) is 22.1 Å². The minimum Gasteiger partial charge on any atom is -0.333 e. The predicted molar refractivity (Wildman–Crippen MR) is 77.8 cm³/mol. The second kappa shape index (κ2) is 5.43. The van der Waals surface area contributed by atoms with Gasteiger partial charge in [0.15, 0.2) is 0 Å². The molecule has 3 heteroatoms. The van der Waals surface area contributed by atoms with Crippen molar-refractivity contribution in [2.45, 2.75) is 52.1 Å². The van der Waals surface area contributed by atoms with E-state index in [9.17, 15) is 4.79 Å². The van der Waals surface area contributed by atoms with E-state index < -0.39 is 0 Å². The van der Waals surface area contributed by atoms with E-state index in [-0.39, 0.29) is 5.91 Å². The molecule has 1 aliphatic heterocycles. The Labute approximate surface area is 117 Å². The molecule has 0 aromatic heterocycles. The highest BCUT2D eigenvalue weighted by molar-refractivity contribution is 9.10. The van der Waals surface area contributed by atoms with E-state index in [1.165, 1.54) is 6.42 Å². The zero-order chi connectivity index (χ0) is 13.3. The summed E-state index contributed by atoms with van der Waals surface area (Å²) in [6.07, 6.45) is 3.45. The topological polar surface area (TPSA) is 20.3 Å². The smallest absolute Gasteiger partial charge is 0.254 e. The number of aryl methyl sites for hydroxylation is 1. The first kappa shape index (κ1) is 13.6. The van der Waals surface area contributed by atoms with Crippen LogP contribution in [0, 0.1) is 6.92 Å². The summed E-state index contributed by atoms with van der Waals surface area (Å²) in [6.45, 7) is 6.31. The number of nitrogens with zero attached hydrogens (tertiary/aromatic N) is 1. The van der Waals surface area contributed by atoms with Crippen LogP contribution in [0.4, 0.5) is 0 Å². The maximum atomic E-state index is 12.7.